The Morgan fingerprint density at radius 2 is 2.11 bits per heavy atom. The minimum Gasteiger partial charge on any atom is -0.331 e. The van der Waals surface area contributed by atoms with Crippen molar-refractivity contribution in [1.82, 2.24) is 10.3 Å². The number of urea groups is 1. The molecule has 0 atom stereocenters. The van der Waals surface area contributed by atoms with Gasteiger partial charge in [0.05, 0.1) is 17.6 Å². The molecule has 0 unspecified atom stereocenters. The molecule has 1 aliphatic rings. The Balaban J connectivity index is 2.33. The number of hydrogen-bond acceptors (Lipinski definition) is 2. The van der Waals surface area contributed by atoms with E-state index in [0.29, 0.717) is 0 Å². The number of alkyl halides is 3. The first-order chi connectivity index (χ1) is 8.19. The molecule has 1 fully saturated rings. The van der Waals surface area contributed by atoms with E-state index in [2.05, 4.69) is 10.3 Å². The molecule has 0 bridgehead atoms. The average Bonchev–Trinajstić information content (AvgIpc) is 2.51. The lowest BCUT2D eigenvalue weighted by atomic mass is 10.1. The van der Waals surface area contributed by atoms with Crippen LogP contribution in [0.25, 0.3) is 0 Å². The molecule has 2 amide bonds. The fraction of sp³-hybridized carbons (Fsp3) is 0.455. The fourth-order valence-corrected chi connectivity index (χ4v) is 1.79. The summed E-state index contributed by atoms with van der Waals surface area (Å²) in [6, 6.07) is 1.32. The molecule has 2 rings (SSSR count). The van der Waals surface area contributed by atoms with Gasteiger partial charge in [0.1, 0.15) is 5.82 Å². The first-order valence-electron chi connectivity index (χ1n) is 5.32. The number of nitrogens with zero attached hydrogens (tertiary/aromatic N) is 2. The predicted octanol–water partition coefficient (Wildman–Crippen LogP) is 2.41. The molecule has 18 heavy (non-hydrogen) atoms. The second kappa shape index (κ2) is 3.86. The van der Waals surface area contributed by atoms with Gasteiger partial charge in [-0.15, -0.1) is 0 Å². The molecule has 2 heterocycles. The number of carbonyl (C=O) groups is 1. The van der Waals surface area contributed by atoms with Crippen LogP contribution >= 0.6 is 0 Å². The minimum atomic E-state index is -4.44. The van der Waals surface area contributed by atoms with Crippen LogP contribution in [0.5, 0.6) is 0 Å². The summed E-state index contributed by atoms with van der Waals surface area (Å²) in [7, 11) is 0. The van der Waals surface area contributed by atoms with Crippen LogP contribution in [0.1, 0.15) is 19.4 Å². The number of amides is 2. The van der Waals surface area contributed by atoms with Gasteiger partial charge in [0.25, 0.3) is 0 Å². The summed E-state index contributed by atoms with van der Waals surface area (Å²) in [5.74, 6) is 0.00731. The Bertz CT molecular complexity index is 485. The summed E-state index contributed by atoms with van der Waals surface area (Å²) >= 11 is 0. The van der Waals surface area contributed by atoms with Gasteiger partial charge in [0.2, 0.25) is 0 Å². The maximum absolute atomic E-state index is 12.6. The van der Waals surface area contributed by atoms with Crippen LogP contribution in [0, 0.1) is 0 Å². The lowest BCUT2D eigenvalue weighted by Crippen LogP contribution is -2.36. The van der Waals surface area contributed by atoms with E-state index in [4.69, 9.17) is 0 Å². The summed E-state index contributed by atoms with van der Waals surface area (Å²) in [5, 5.41) is 2.67. The van der Waals surface area contributed by atoms with Crippen molar-refractivity contribution in [3.8, 4) is 0 Å². The topological polar surface area (TPSA) is 45.2 Å². The number of anilines is 1. The van der Waals surface area contributed by atoms with Crippen LogP contribution in [0.3, 0.4) is 0 Å². The van der Waals surface area contributed by atoms with Gasteiger partial charge in [-0.3, -0.25) is 4.90 Å². The normalized spacial score (nSPS) is 18.9. The molecule has 0 aromatic carbocycles. The van der Waals surface area contributed by atoms with Crippen LogP contribution in [0.2, 0.25) is 0 Å². The van der Waals surface area contributed by atoms with E-state index >= 15 is 0 Å². The molecule has 0 aliphatic carbocycles. The number of carbonyl (C=O) groups excluding carboxylic acids is 1. The molecule has 1 aliphatic heterocycles. The number of halogens is 3. The van der Waals surface area contributed by atoms with Gasteiger partial charge in [0.15, 0.2) is 0 Å². The molecule has 1 aromatic rings. The Hall–Kier alpha value is -1.79. The predicted molar refractivity (Wildman–Crippen MR) is 59.2 cm³/mol. The van der Waals surface area contributed by atoms with Crippen molar-refractivity contribution in [2.75, 3.05) is 11.4 Å². The van der Waals surface area contributed by atoms with Crippen LogP contribution < -0.4 is 10.2 Å². The standard InChI is InChI=1S/C11H12F3N3O/c1-10(2)6-17(9(18)16-10)8-5-7(3-4-15-8)11(12,13)14/h3-5H,6H2,1-2H3,(H,16,18). The van der Waals surface area contributed by atoms with Crippen molar-refractivity contribution in [2.45, 2.75) is 25.6 Å². The number of hydrogen-bond donors (Lipinski definition) is 1. The number of nitrogens with one attached hydrogen (secondary N) is 1. The number of aromatic nitrogens is 1. The van der Waals surface area contributed by atoms with E-state index in [-0.39, 0.29) is 12.4 Å². The molecule has 4 nitrogen and oxygen atoms in total. The highest BCUT2D eigenvalue weighted by Gasteiger charge is 2.37. The Labute approximate surface area is 102 Å². The Morgan fingerprint density at radius 3 is 2.61 bits per heavy atom. The van der Waals surface area contributed by atoms with Gasteiger partial charge in [-0.2, -0.15) is 13.2 Å². The summed E-state index contributed by atoms with van der Waals surface area (Å²) < 4.78 is 37.7. The van der Waals surface area contributed by atoms with Gasteiger partial charge in [-0.25, -0.2) is 9.78 Å². The van der Waals surface area contributed by atoms with Crippen LogP contribution in [-0.2, 0) is 6.18 Å². The largest absolute Gasteiger partial charge is 0.416 e. The molecular weight excluding hydrogens is 247 g/mol. The SMILES string of the molecule is CC1(C)CN(c2cc(C(F)(F)F)ccn2)C(=O)N1. The molecule has 1 aromatic heterocycles. The molecule has 0 radical (unpaired) electrons. The number of pyridine rings is 1. The molecule has 0 saturated carbocycles. The second-order valence-corrected chi connectivity index (χ2v) is 4.80. The Kier molecular flexibility index (Phi) is 2.71. The molecule has 98 valence electrons. The lowest BCUT2D eigenvalue weighted by molar-refractivity contribution is -0.137. The van der Waals surface area contributed by atoms with Crippen LogP contribution in [0.4, 0.5) is 23.8 Å². The van der Waals surface area contributed by atoms with Crippen LogP contribution in [0.15, 0.2) is 18.3 Å². The highest BCUT2D eigenvalue weighted by atomic mass is 19.4. The number of rotatable bonds is 1. The van der Waals surface area contributed by atoms with Crippen molar-refractivity contribution >= 4 is 11.8 Å². The highest BCUT2D eigenvalue weighted by molar-refractivity contribution is 5.94. The van der Waals surface area contributed by atoms with Crippen molar-refractivity contribution in [3.05, 3.63) is 23.9 Å². The zero-order valence-electron chi connectivity index (χ0n) is 9.88. The second-order valence-electron chi connectivity index (χ2n) is 4.80. The third-order valence-electron chi connectivity index (χ3n) is 2.59. The molecule has 1 saturated heterocycles. The molecule has 7 heteroatoms. The van der Waals surface area contributed by atoms with E-state index in [9.17, 15) is 18.0 Å². The maximum Gasteiger partial charge on any atom is 0.416 e. The van der Waals surface area contributed by atoms with Gasteiger partial charge in [-0.1, -0.05) is 0 Å². The lowest BCUT2D eigenvalue weighted by Gasteiger charge is -2.17. The summed E-state index contributed by atoms with van der Waals surface area (Å²) in [6.07, 6.45) is -3.39. The maximum atomic E-state index is 12.6. The quantitative estimate of drug-likeness (QED) is 0.841. The zero-order valence-corrected chi connectivity index (χ0v) is 9.88. The van der Waals surface area contributed by atoms with E-state index in [1.807, 2.05) is 0 Å². The zero-order chi connectivity index (χ0) is 13.6. The average molecular weight is 259 g/mol. The van der Waals surface area contributed by atoms with E-state index < -0.39 is 23.3 Å². The van der Waals surface area contributed by atoms with Gasteiger partial charge >= 0.3 is 12.2 Å². The first-order valence-corrected chi connectivity index (χ1v) is 5.32. The van der Waals surface area contributed by atoms with Crippen molar-refractivity contribution in [2.24, 2.45) is 0 Å². The van der Waals surface area contributed by atoms with Gasteiger partial charge in [0, 0.05) is 6.20 Å². The summed E-state index contributed by atoms with van der Waals surface area (Å²) in [6.45, 7) is 3.86. The summed E-state index contributed by atoms with van der Waals surface area (Å²) in [4.78, 5) is 16.7. The smallest absolute Gasteiger partial charge is 0.331 e. The van der Waals surface area contributed by atoms with E-state index in [0.717, 1.165) is 18.3 Å². The van der Waals surface area contributed by atoms with Crippen molar-refractivity contribution in [1.29, 1.82) is 0 Å². The van der Waals surface area contributed by atoms with Crippen molar-refractivity contribution in [3.63, 3.8) is 0 Å². The molecular formula is C11H12F3N3O. The Morgan fingerprint density at radius 1 is 1.44 bits per heavy atom. The van der Waals surface area contributed by atoms with E-state index in [1.165, 1.54) is 4.90 Å². The minimum absolute atomic E-state index is 0.00731. The third-order valence-corrected chi connectivity index (χ3v) is 2.59. The summed E-state index contributed by atoms with van der Waals surface area (Å²) in [5.41, 5.74) is -1.29. The molecule has 0 spiro atoms. The van der Waals surface area contributed by atoms with Gasteiger partial charge in [-0.05, 0) is 26.0 Å². The van der Waals surface area contributed by atoms with Gasteiger partial charge < -0.3 is 5.32 Å². The fourth-order valence-electron chi connectivity index (χ4n) is 1.79. The van der Waals surface area contributed by atoms with Crippen LogP contribution in [-0.4, -0.2) is 23.1 Å². The third kappa shape index (κ3) is 2.39. The monoisotopic (exact) mass is 259 g/mol. The highest BCUT2D eigenvalue weighted by Crippen LogP contribution is 2.31. The molecule has 1 N–H and O–H groups in total. The van der Waals surface area contributed by atoms with Crippen molar-refractivity contribution < 1.29 is 18.0 Å². The first kappa shape index (κ1) is 12.7. The van der Waals surface area contributed by atoms with E-state index in [1.54, 1.807) is 13.8 Å².